The molecule has 0 spiro atoms. The molecule has 0 radical (unpaired) electrons. The van der Waals surface area contributed by atoms with Crippen molar-refractivity contribution in [1.82, 2.24) is 15.2 Å². The smallest absolute Gasteiger partial charge is 0.251 e. The topological polar surface area (TPSA) is 75.4 Å². The lowest BCUT2D eigenvalue weighted by Crippen LogP contribution is -2.27. The van der Waals surface area contributed by atoms with Gasteiger partial charge in [-0.2, -0.15) is 0 Å². The third-order valence-corrected chi connectivity index (χ3v) is 4.81. The first-order chi connectivity index (χ1) is 12.6. The highest BCUT2D eigenvalue weighted by Crippen LogP contribution is 2.24. The first-order valence-corrected chi connectivity index (χ1v) is 8.98. The predicted octanol–water partition coefficient (Wildman–Crippen LogP) is 2.96. The lowest BCUT2D eigenvalue weighted by atomic mass is 10.1. The Bertz CT molecular complexity index is 885. The second-order valence-electron chi connectivity index (χ2n) is 5.82. The minimum atomic E-state index is -0.128. The van der Waals surface area contributed by atoms with E-state index in [-0.39, 0.29) is 18.2 Å². The molecule has 3 rings (SSSR count). The summed E-state index contributed by atoms with van der Waals surface area (Å²) in [6.07, 6.45) is 1.84. The lowest BCUT2D eigenvalue weighted by molar-refractivity contribution is -0.129. The predicted molar refractivity (Wildman–Crippen MR) is 99.8 cm³/mol. The number of hydrogen-bond donors (Lipinski definition) is 1. The molecule has 1 aromatic carbocycles. The normalized spacial score (nSPS) is 10.5. The van der Waals surface area contributed by atoms with Crippen molar-refractivity contribution in [2.45, 2.75) is 13.0 Å². The van der Waals surface area contributed by atoms with Crippen LogP contribution in [-0.4, -0.2) is 35.8 Å². The zero-order valence-corrected chi connectivity index (χ0v) is 15.4. The molecule has 2 aromatic heterocycles. The molecule has 7 heteroatoms. The number of amides is 2. The number of hydrogen-bond acceptors (Lipinski definition) is 5. The van der Waals surface area contributed by atoms with Crippen LogP contribution in [0.15, 0.2) is 52.5 Å². The van der Waals surface area contributed by atoms with Crippen LogP contribution in [0.1, 0.15) is 21.6 Å². The number of benzene rings is 1. The SMILES string of the molecule is CNC(=O)c1ccc(CN(C)C(=O)Cc2csc(-c3ccco3)n2)cc1. The molecule has 6 nitrogen and oxygen atoms in total. The highest BCUT2D eigenvalue weighted by molar-refractivity contribution is 7.13. The molecule has 0 aliphatic heterocycles. The van der Waals surface area contributed by atoms with Gasteiger partial charge in [-0.3, -0.25) is 9.59 Å². The second-order valence-corrected chi connectivity index (χ2v) is 6.68. The Morgan fingerprint density at radius 1 is 1.23 bits per heavy atom. The van der Waals surface area contributed by atoms with E-state index < -0.39 is 0 Å². The minimum Gasteiger partial charge on any atom is -0.462 e. The van der Waals surface area contributed by atoms with Gasteiger partial charge in [0.1, 0.15) is 0 Å². The molecule has 3 aromatic rings. The van der Waals surface area contributed by atoms with E-state index in [1.807, 2.05) is 29.6 Å². The number of carbonyl (C=O) groups excluding carboxylic acids is 2. The van der Waals surface area contributed by atoms with E-state index in [0.29, 0.717) is 17.9 Å². The van der Waals surface area contributed by atoms with Gasteiger partial charge in [0.25, 0.3) is 5.91 Å². The van der Waals surface area contributed by atoms with Gasteiger partial charge in [-0.15, -0.1) is 11.3 Å². The summed E-state index contributed by atoms with van der Waals surface area (Å²) in [5, 5.41) is 5.23. The van der Waals surface area contributed by atoms with Gasteiger partial charge in [-0.25, -0.2) is 4.98 Å². The van der Waals surface area contributed by atoms with Crippen molar-refractivity contribution < 1.29 is 14.0 Å². The fourth-order valence-corrected chi connectivity index (χ4v) is 3.25. The van der Waals surface area contributed by atoms with Gasteiger partial charge in [0, 0.05) is 31.6 Å². The number of furan rings is 1. The molecule has 0 atom stereocenters. The van der Waals surface area contributed by atoms with Crippen LogP contribution in [0.4, 0.5) is 0 Å². The summed E-state index contributed by atoms with van der Waals surface area (Å²) in [6, 6.07) is 10.9. The van der Waals surface area contributed by atoms with Crippen molar-refractivity contribution in [3.63, 3.8) is 0 Å². The molecule has 0 fully saturated rings. The third kappa shape index (κ3) is 4.18. The van der Waals surface area contributed by atoms with Crippen LogP contribution in [0.3, 0.4) is 0 Å². The van der Waals surface area contributed by atoms with Crippen LogP contribution >= 0.6 is 11.3 Å². The Kier molecular flexibility index (Phi) is 5.48. The maximum absolute atomic E-state index is 12.4. The Morgan fingerprint density at radius 3 is 2.65 bits per heavy atom. The van der Waals surface area contributed by atoms with Gasteiger partial charge in [0.15, 0.2) is 10.8 Å². The molecular formula is C19H19N3O3S. The van der Waals surface area contributed by atoms with Crippen LogP contribution < -0.4 is 5.32 Å². The first kappa shape index (κ1) is 17.9. The van der Waals surface area contributed by atoms with Crippen molar-refractivity contribution in [2.24, 2.45) is 0 Å². The summed E-state index contributed by atoms with van der Waals surface area (Å²) < 4.78 is 5.32. The van der Waals surface area contributed by atoms with Crippen molar-refractivity contribution in [3.05, 3.63) is 64.9 Å². The average Bonchev–Trinajstić information content (AvgIpc) is 3.33. The molecule has 0 saturated heterocycles. The fraction of sp³-hybridized carbons (Fsp3) is 0.211. The zero-order valence-electron chi connectivity index (χ0n) is 14.6. The molecule has 2 heterocycles. The number of aromatic nitrogens is 1. The van der Waals surface area contributed by atoms with Crippen LogP contribution in [0, 0.1) is 0 Å². The van der Waals surface area contributed by atoms with Crippen molar-refractivity contribution in [2.75, 3.05) is 14.1 Å². The molecule has 0 unspecified atom stereocenters. The van der Waals surface area contributed by atoms with Gasteiger partial charge in [0.2, 0.25) is 5.91 Å². The van der Waals surface area contributed by atoms with E-state index in [0.717, 1.165) is 16.3 Å². The van der Waals surface area contributed by atoms with Gasteiger partial charge in [-0.05, 0) is 29.8 Å². The summed E-state index contributed by atoms with van der Waals surface area (Å²) in [7, 11) is 3.35. The van der Waals surface area contributed by atoms with Crippen LogP contribution in [-0.2, 0) is 17.8 Å². The maximum Gasteiger partial charge on any atom is 0.251 e. The summed E-state index contributed by atoms with van der Waals surface area (Å²) in [5.41, 5.74) is 2.29. The number of rotatable bonds is 6. The van der Waals surface area contributed by atoms with E-state index in [2.05, 4.69) is 10.3 Å². The Morgan fingerprint density at radius 2 is 2.00 bits per heavy atom. The van der Waals surface area contributed by atoms with Crippen LogP contribution in [0.5, 0.6) is 0 Å². The van der Waals surface area contributed by atoms with Gasteiger partial charge in [0.05, 0.1) is 18.4 Å². The fourth-order valence-electron chi connectivity index (χ4n) is 2.46. The van der Waals surface area contributed by atoms with E-state index in [1.54, 1.807) is 37.4 Å². The standard InChI is InChI=1S/C19H19N3O3S/c1-20-18(24)14-7-5-13(6-8-14)11-22(2)17(23)10-15-12-26-19(21-15)16-4-3-9-25-16/h3-9,12H,10-11H2,1-2H3,(H,20,24). The molecule has 134 valence electrons. The minimum absolute atomic E-state index is 0.0170. The second kappa shape index (κ2) is 7.97. The molecule has 0 saturated carbocycles. The molecule has 0 aliphatic carbocycles. The monoisotopic (exact) mass is 369 g/mol. The van der Waals surface area contributed by atoms with Gasteiger partial charge < -0.3 is 14.6 Å². The highest BCUT2D eigenvalue weighted by Gasteiger charge is 2.14. The number of thiazole rings is 1. The summed E-state index contributed by atoms with van der Waals surface area (Å²) in [5.74, 6) is 0.562. The summed E-state index contributed by atoms with van der Waals surface area (Å²) >= 11 is 1.46. The number of nitrogens with one attached hydrogen (secondary N) is 1. The summed E-state index contributed by atoms with van der Waals surface area (Å²) in [4.78, 5) is 30.1. The average molecular weight is 369 g/mol. The molecule has 2 amide bonds. The highest BCUT2D eigenvalue weighted by atomic mass is 32.1. The first-order valence-electron chi connectivity index (χ1n) is 8.10. The lowest BCUT2D eigenvalue weighted by Gasteiger charge is -2.17. The van der Waals surface area contributed by atoms with E-state index in [9.17, 15) is 9.59 Å². The van der Waals surface area contributed by atoms with Gasteiger partial charge in [-0.1, -0.05) is 12.1 Å². The van der Waals surface area contributed by atoms with Crippen molar-refractivity contribution in [3.8, 4) is 10.8 Å². The van der Waals surface area contributed by atoms with E-state index >= 15 is 0 Å². The molecule has 1 N–H and O–H groups in total. The summed E-state index contributed by atoms with van der Waals surface area (Å²) in [6.45, 7) is 0.474. The van der Waals surface area contributed by atoms with Gasteiger partial charge >= 0.3 is 0 Å². The van der Waals surface area contributed by atoms with Crippen LogP contribution in [0.25, 0.3) is 10.8 Å². The quantitative estimate of drug-likeness (QED) is 0.725. The molecule has 0 bridgehead atoms. The maximum atomic E-state index is 12.4. The number of nitrogens with zero attached hydrogens (tertiary/aromatic N) is 2. The molecule has 0 aliphatic rings. The Labute approximate surface area is 155 Å². The Hall–Kier alpha value is -2.93. The molecular weight excluding hydrogens is 350 g/mol. The van der Waals surface area contributed by atoms with E-state index in [4.69, 9.17) is 4.42 Å². The Balaban J connectivity index is 1.58. The van der Waals surface area contributed by atoms with Crippen molar-refractivity contribution in [1.29, 1.82) is 0 Å². The number of carbonyl (C=O) groups is 2. The van der Waals surface area contributed by atoms with Crippen molar-refractivity contribution >= 4 is 23.2 Å². The third-order valence-electron chi connectivity index (χ3n) is 3.90. The van der Waals surface area contributed by atoms with E-state index in [1.165, 1.54) is 11.3 Å². The number of likely N-dealkylation sites (N-methyl/N-ethyl adjacent to an activating group) is 1. The van der Waals surface area contributed by atoms with Crippen LogP contribution in [0.2, 0.25) is 0 Å². The molecule has 26 heavy (non-hydrogen) atoms. The zero-order chi connectivity index (χ0) is 18.5. The largest absolute Gasteiger partial charge is 0.462 e.